The van der Waals surface area contributed by atoms with Crippen LogP contribution in [0.1, 0.15) is 24.4 Å². The fourth-order valence-electron chi connectivity index (χ4n) is 3.40. The van der Waals surface area contributed by atoms with Crippen LogP contribution in [0.5, 0.6) is 0 Å². The summed E-state index contributed by atoms with van der Waals surface area (Å²) in [4.78, 5) is 13.6. The number of carbonyl (C=O) groups is 1. The molecular formula is C16H26BN3O4. The van der Waals surface area contributed by atoms with Gasteiger partial charge in [-0.25, -0.2) is 0 Å². The summed E-state index contributed by atoms with van der Waals surface area (Å²) in [6.45, 7) is 1.33. The summed E-state index contributed by atoms with van der Waals surface area (Å²) in [5.74, 6) is -1.26. The second-order valence-electron chi connectivity index (χ2n) is 6.67. The van der Waals surface area contributed by atoms with Crippen molar-refractivity contribution in [3.05, 3.63) is 35.9 Å². The molecule has 0 aromatic heterocycles. The van der Waals surface area contributed by atoms with Crippen molar-refractivity contribution in [2.24, 2.45) is 17.4 Å². The molecule has 1 aliphatic heterocycles. The van der Waals surface area contributed by atoms with Gasteiger partial charge in [0.05, 0.1) is 0 Å². The Hall–Kier alpha value is -1.45. The van der Waals surface area contributed by atoms with E-state index < -0.39 is 18.6 Å². The van der Waals surface area contributed by atoms with Gasteiger partial charge in [-0.2, -0.15) is 0 Å². The monoisotopic (exact) mass is 335 g/mol. The van der Waals surface area contributed by atoms with Crippen LogP contribution >= 0.6 is 0 Å². The first-order chi connectivity index (χ1) is 11.3. The average molecular weight is 335 g/mol. The summed E-state index contributed by atoms with van der Waals surface area (Å²) >= 11 is 0. The van der Waals surface area contributed by atoms with Crippen LogP contribution in [0.25, 0.3) is 0 Å². The zero-order valence-electron chi connectivity index (χ0n) is 13.7. The van der Waals surface area contributed by atoms with Gasteiger partial charge in [0.1, 0.15) is 5.54 Å². The van der Waals surface area contributed by atoms with Gasteiger partial charge in [0.25, 0.3) is 0 Å². The van der Waals surface area contributed by atoms with Crippen LogP contribution in [0.15, 0.2) is 30.3 Å². The number of nitrogens with two attached hydrogens (primary N) is 2. The summed E-state index contributed by atoms with van der Waals surface area (Å²) in [6, 6.07) is 9.47. The van der Waals surface area contributed by atoms with Crippen molar-refractivity contribution in [2.45, 2.75) is 30.7 Å². The van der Waals surface area contributed by atoms with Gasteiger partial charge in [-0.3, -0.25) is 9.69 Å². The smallest absolute Gasteiger partial charge is 0.451 e. The molecule has 1 aromatic rings. The SMILES string of the molecule is N[C@@H](CN1C[C@H](CCCB(O)O)[C@](N)(C(=O)O)C1)c1ccccc1. The molecule has 0 aliphatic carbocycles. The molecule has 0 amide bonds. The van der Waals surface area contributed by atoms with Crippen LogP contribution in [-0.2, 0) is 4.79 Å². The number of rotatable bonds is 8. The molecule has 0 saturated carbocycles. The third-order valence-electron chi connectivity index (χ3n) is 4.79. The maximum atomic E-state index is 11.7. The molecule has 0 unspecified atom stereocenters. The minimum absolute atomic E-state index is 0.206. The van der Waals surface area contributed by atoms with E-state index in [1.54, 1.807) is 0 Å². The Labute approximate surface area is 142 Å². The van der Waals surface area contributed by atoms with Gasteiger partial charge >= 0.3 is 13.1 Å². The number of hydrogen-bond donors (Lipinski definition) is 5. The molecule has 132 valence electrons. The van der Waals surface area contributed by atoms with Crippen molar-refractivity contribution in [1.82, 2.24) is 4.90 Å². The molecule has 1 aromatic carbocycles. The molecule has 24 heavy (non-hydrogen) atoms. The zero-order valence-corrected chi connectivity index (χ0v) is 13.7. The number of carboxylic acids is 1. The largest absolute Gasteiger partial charge is 0.480 e. The standard InChI is InChI=1S/C16H26BN3O4/c18-14(12-5-2-1-3-6-12)10-20-9-13(7-4-8-17(23)24)16(19,11-20)15(21)22/h1-3,5-6,13-14,23-24H,4,7-11,18-19H2,(H,21,22)/t13-,14-,16-/m0/s1. The Balaban J connectivity index is 1.99. The lowest BCUT2D eigenvalue weighted by molar-refractivity contribution is -0.144. The van der Waals surface area contributed by atoms with Gasteiger partial charge in [0.2, 0.25) is 0 Å². The molecule has 1 fully saturated rings. The normalized spacial score (nSPS) is 25.6. The van der Waals surface area contributed by atoms with E-state index in [-0.39, 0.29) is 24.8 Å². The van der Waals surface area contributed by atoms with E-state index in [9.17, 15) is 9.90 Å². The first kappa shape index (κ1) is 18.9. The summed E-state index contributed by atoms with van der Waals surface area (Å²) in [7, 11) is -1.37. The molecule has 2 rings (SSSR count). The van der Waals surface area contributed by atoms with Crippen molar-refractivity contribution in [3.8, 4) is 0 Å². The first-order valence-electron chi connectivity index (χ1n) is 8.24. The lowest BCUT2D eigenvalue weighted by Crippen LogP contribution is -2.55. The second kappa shape index (κ2) is 8.09. The number of hydrogen-bond acceptors (Lipinski definition) is 6. The Morgan fingerprint density at radius 1 is 1.38 bits per heavy atom. The van der Waals surface area contributed by atoms with E-state index in [0.29, 0.717) is 25.9 Å². The number of carboxylic acid groups (broad SMARTS) is 1. The summed E-state index contributed by atoms with van der Waals surface area (Å²) < 4.78 is 0. The second-order valence-corrected chi connectivity index (χ2v) is 6.67. The van der Waals surface area contributed by atoms with Crippen molar-refractivity contribution in [2.75, 3.05) is 19.6 Å². The highest BCUT2D eigenvalue weighted by Gasteiger charge is 2.49. The molecule has 0 bridgehead atoms. The van der Waals surface area contributed by atoms with Crippen LogP contribution in [0, 0.1) is 5.92 Å². The molecule has 0 radical (unpaired) electrons. The maximum Gasteiger partial charge on any atom is 0.451 e. The van der Waals surface area contributed by atoms with E-state index in [1.165, 1.54) is 0 Å². The lowest BCUT2D eigenvalue weighted by atomic mass is 9.78. The van der Waals surface area contributed by atoms with Gasteiger partial charge < -0.3 is 26.6 Å². The highest BCUT2D eigenvalue weighted by molar-refractivity contribution is 6.40. The van der Waals surface area contributed by atoms with E-state index in [2.05, 4.69) is 0 Å². The van der Waals surface area contributed by atoms with Crippen molar-refractivity contribution < 1.29 is 19.9 Å². The zero-order chi connectivity index (χ0) is 17.7. The number of nitrogens with zero attached hydrogens (tertiary/aromatic N) is 1. The maximum absolute atomic E-state index is 11.7. The Bertz CT molecular complexity index is 545. The minimum atomic E-state index is -1.37. The van der Waals surface area contributed by atoms with Crippen LogP contribution in [-0.4, -0.2) is 58.3 Å². The van der Waals surface area contributed by atoms with E-state index in [1.807, 2.05) is 35.2 Å². The lowest BCUT2D eigenvalue weighted by Gasteiger charge is -2.25. The first-order valence-corrected chi connectivity index (χ1v) is 8.24. The fourth-order valence-corrected chi connectivity index (χ4v) is 3.40. The molecule has 1 heterocycles. The van der Waals surface area contributed by atoms with Crippen LogP contribution < -0.4 is 11.5 Å². The molecule has 7 nitrogen and oxygen atoms in total. The molecule has 1 saturated heterocycles. The predicted molar refractivity (Wildman–Crippen MR) is 92.1 cm³/mol. The molecular weight excluding hydrogens is 309 g/mol. The van der Waals surface area contributed by atoms with E-state index in [4.69, 9.17) is 21.5 Å². The summed E-state index contributed by atoms with van der Waals surface area (Å²) in [5.41, 5.74) is 12.1. The Kier molecular flexibility index (Phi) is 6.37. The fraction of sp³-hybridized carbons (Fsp3) is 0.562. The average Bonchev–Trinajstić information content (AvgIpc) is 2.85. The van der Waals surface area contributed by atoms with Crippen LogP contribution in [0.2, 0.25) is 6.32 Å². The number of benzene rings is 1. The van der Waals surface area contributed by atoms with Crippen LogP contribution in [0.3, 0.4) is 0 Å². The predicted octanol–water partition coefficient (Wildman–Crippen LogP) is -0.347. The topological polar surface area (TPSA) is 133 Å². The van der Waals surface area contributed by atoms with E-state index >= 15 is 0 Å². The molecule has 1 aliphatic rings. The van der Waals surface area contributed by atoms with Gasteiger partial charge in [0, 0.05) is 31.6 Å². The Morgan fingerprint density at radius 3 is 2.62 bits per heavy atom. The summed E-state index contributed by atoms with van der Waals surface area (Å²) in [5, 5.41) is 27.4. The van der Waals surface area contributed by atoms with Crippen LogP contribution in [0.4, 0.5) is 0 Å². The third kappa shape index (κ3) is 4.55. The third-order valence-corrected chi connectivity index (χ3v) is 4.79. The van der Waals surface area contributed by atoms with Gasteiger partial charge in [-0.15, -0.1) is 0 Å². The Morgan fingerprint density at radius 2 is 2.04 bits per heavy atom. The molecule has 7 N–H and O–H groups in total. The highest BCUT2D eigenvalue weighted by Crippen LogP contribution is 2.31. The van der Waals surface area contributed by atoms with Crippen molar-refractivity contribution >= 4 is 13.1 Å². The van der Waals surface area contributed by atoms with Crippen molar-refractivity contribution in [1.29, 1.82) is 0 Å². The minimum Gasteiger partial charge on any atom is -0.480 e. The van der Waals surface area contributed by atoms with Gasteiger partial charge in [-0.05, 0) is 18.3 Å². The van der Waals surface area contributed by atoms with Crippen molar-refractivity contribution in [3.63, 3.8) is 0 Å². The molecule has 8 heteroatoms. The number of aliphatic carboxylic acids is 1. The molecule has 3 atom stereocenters. The van der Waals surface area contributed by atoms with Gasteiger partial charge in [0.15, 0.2) is 0 Å². The van der Waals surface area contributed by atoms with E-state index in [0.717, 1.165) is 5.56 Å². The molecule has 0 spiro atoms. The van der Waals surface area contributed by atoms with Gasteiger partial charge in [-0.1, -0.05) is 36.8 Å². The quantitative estimate of drug-likeness (QED) is 0.410. The number of likely N-dealkylation sites (tertiary alicyclic amines) is 1. The highest BCUT2D eigenvalue weighted by atomic mass is 16.4. The summed E-state index contributed by atoms with van der Waals surface area (Å²) in [6.07, 6.45) is 1.28.